The lowest BCUT2D eigenvalue weighted by Crippen LogP contribution is -2.29. The van der Waals surface area contributed by atoms with Crippen LogP contribution in [-0.2, 0) is 18.0 Å². The molecule has 0 saturated heterocycles. The molecule has 0 radical (unpaired) electrons. The Kier molecular flexibility index (Phi) is 7.34. The Morgan fingerprint density at radius 3 is 2.69 bits per heavy atom. The van der Waals surface area contributed by atoms with Crippen molar-refractivity contribution in [2.45, 2.75) is 31.8 Å². The second kappa shape index (κ2) is 9.71. The molecule has 8 heteroatoms. The SMILES string of the molecule is Nc1ncc(C(O)C(O)CCNC(=O)OCc2ccccc2)cc1CO. The lowest BCUT2D eigenvalue weighted by Gasteiger charge is -2.19. The van der Waals surface area contributed by atoms with Crippen molar-refractivity contribution in [2.24, 2.45) is 0 Å². The summed E-state index contributed by atoms with van der Waals surface area (Å²) in [6.45, 7) is -0.0374. The monoisotopic (exact) mass is 361 g/mol. The van der Waals surface area contributed by atoms with Crippen LogP contribution in [0.2, 0.25) is 0 Å². The number of nitrogens with zero attached hydrogens (tertiary/aromatic N) is 1. The molecule has 1 heterocycles. The molecule has 0 aliphatic rings. The van der Waals surface area contributed by atoms with Crippen LogP contribution in [0.1, 0.15) is 29.2 Å². The second-order valence-electron chi connectivity index (χ2n) is 5.76. The van der Waals surface area contributed by atoms with Gasteiger partial charge in [0, 0.05) is 23.9 Å². The van der Waals surface area contributed by atoms with E-state index in [-0.39, 0.29) is 32.0 Å². The fourth-order valence-corrected chi connectivity index (χ4v) is 2.30. The highest BCUT2D eigenvalue weighted by atomic mass is 16.5. The minimum atomic E-state index is -1.21. The summed E-state index contributed by atoms with van der Waals surface area (Å²) in [6, 6.07) is 10.7. The number of nitrogens with one attached hydrogen (secondary N) is 1. The lowest BCUT2D eigenvalue weighted by molar-refractivity contribution is 0.0133. The van der Waals surface area contributed by atoms with E-state index in [4.69, 9.17) is 10.5 Å². The van der Waals surface area contributed by atoms with Gasteiger partial charge in [0.25, 0.3) is 0 Å². The van der Waals surface area contributed by atoms with Gasteiger partial charge in [-0.15, -0.1) is 0 Å². The largest absolute Gasteiger partial charge is 0.445 e. The molecule has 0 bridgehead atoms. The van der Waals surface area contributed by atoms with Crippen LogP contribution < -0.4 is 11.1 Å². The summed E-state index contributed by atoms with van der Waals surface area (Å²) in [7, 11) is 0. The number of amides is 1. The lowest BCUT2D eigenvalue weighted by atomic mass is 10.0. The van der Waals surface area contributed by atoms with Gasteiger partial charge >= 0.3 is 6.09 Å². The van der Waals surface area contributed by atoms with Crippen molar-refractivity contribution >= 4 is 11.9 Å². The number of nitrogens with two attached hydrogens (primary N) is 1. The molecule has 0 spiro atoms. The number of ether oxygens (including phenoxy) is 1. The summed E-state index contributed by atoms with van der Waals surface area (Å²) in [6.07, 6.45) is -1.49. The number of aromatic nitrogens is 1. The number of hydrogen-bond donors (Lipinski definition) is 5. The Morgan fingerprint density at radius 1 is 1.27 bits per heavy atom. The first kappa shape index (κ1) is 19.6. The van der Waals surface area contributed by atoms with Crippen LogP contribution in [0.15, 0.2) is 42.6 Å². The summed E-state index contributed by atoms with van der Waals surface area (Å²) < 4.78 is 5.05. The predicted molar refractivity (Wildman–Crippen MR) is 94.8 cm³/mol. The van der Waals surface area contributed by atoms with Crippen molar-refractivity contribution in [1.82, 2.24) is 10.3 Å². The molecule has 8 nitrogen and oxygen atoms in total. The van der Waals surface area contributed by atoms with E-state index in [1.807, 2.05) is 30.3 Å². The molecule has 1 aromatic heterocycles. The van der Waals surface area contributed by atoms with Gasteiger partial charge in [-0.2, -0.15) is 0 Å². The third kappa shape index (κ3) is 5.69. The number of carbonyl (C=O) groups is 1. The fraction of sp³-hybridized carbons (Fsp3) is 0.333. The van der Waals surface area contributed by atoms with Crippen molar-refractivity contribution in [2.75, 3.05) is 12.3 Å². The van der Waals surface area contributed by atoms with Crippen molar-refractivity contribution in [1.29, 1.82) is 0 Å². The Morgan fingerprint density at radius 2 is 2.00 bits per heavy atom. The van der Waals surface area contributed by atoms with Crippen molar-refractivity contribution in [3.8, 4) is 0 Å². The predicted octanol–water partition coefficient (Wildman–Crippen LogP) is 0.867. The number of hydrogen-bond acceptors (Lipinski definition) is 7. The third-order valence-electron chi connectivity index (χ3n) is 3.82. The topological polar surface area (TPSA) is 138 Å². The molecule has 0 fully saturated rings. The van der Waals surface area contributed by atoms with Gasteiger partial charge in [0.1, 0.15) is 18.5 Å². The average molecular weight is 361 g/mol. The first-order chi connectivity index (χ1) is 12.5. The van der Waals surface area contributed by atoms with Crippen LogP contribution in [0.25, 0.3) is 0 Å². The molecule has 1 aromatic carbocycles. The molecular weight excluding hydrogens is 338 g/mol. The summed E-state index contributed by atoms with van der Waals surface area (Å²) in [5.74, 6) is 0.167. The minimum Gasteiger partial charge on any atom is -0.445 e. The van der Waals surface area contributed by atoms with Gasteiger partial charge in [0.2, 0.25) is 0 Å². The van der Waals surface area contributed by atoms with Gasteiger partial charge in [0.15, 0.2) is 0 Å². The van der Waals surface area contributed by atoms with E-state index in [1.165, 1.54) is 12.3 Å². The Labute approximate surface area is 151 Å². The number of benzene rings is 1. The standard InChI is InChI=1S/C18H23N3O5/c19-17-14(10-22)8-13(9-21-17)16(24)15(23)6-7-20-18(25)26-11-12-4-2-1-3-5-12/h1-5,8-9,15-16,22-24H,6-7,10-11H2,(H2,19,21)(H,20,25). The number of aliphatic hydroxyl groups excluding tert-OH is 3. The second-order valence-corrected chi connectivity index (χ2v) is 5.76. The van der Waals surface area contributed by atoms with E-state index in [1.54, 1.807) is 0 Å². The van der Waals surface area contributed by atoms with Gasteiger partial charge in [-0.05, 0) is 18.1 Å². The van der Waals surface area contributed by atoms with Gasteiger partial charge < -0.3 is 31.1 Å². The number of alkyl carbamates (subject to hydrolysis) is 1. The molecule has 2 atom stereocenters. The molecule has 140 valence electrons. The number of rotatable bonds is 8. The first-order valence-electron chi connectivity index (χ1n) is 8.17. The summed E-state index contributed by atoms with van der Waals surface area (Å²) >= 11 is 0. The smallest absolute Gasteiger partial charge is 0.407 e. The van der Waals surface area contributed by atoms with Crippen LogP contribution in [-0.4, -0.2) is 39.0 Å². The fourth-order valence-electron chi connectivity index (χ4n) is 2.30. The zero-order chi connectivity index (χ0) is 18.9. The maximum absolute atomic E-state index is 11.6. The molecule has 0 aliphatic heterocycles. The van der Waals surface area contributed by atoms with Crippen LogP contribution in [0.5, 0.6) is 0 Å². The van der Waals surface area contributed by atoms with E-state index < -0.39 is 18.3 Å². The average Bonchev–Trinajstić information content (AvgIpc) is 2.67. The number of pyridine rings is 1. The van der Waals surface area contributed by atoms with E-state index >= 15 is 0 Å². The maximum Gasteiger partial charge on any atom is 0.407 e. The number of nitrogen functional groups attached to an aromatic ring is 1. The molecular formula is C18H23N3O5. The molecule has 1 amide bonds. The highest BCUT2D eigenvalue weighted by Crippen LogP contribution is 2.21. The molecule has 2 aromatic rings. The van der Waals surface area contributed by atoms with Crippen LogP contribution in [0.3, 0.4) is 0 Å². The van der Waals surface area contributed by atoms with Gasteiger partial charge in [-0.25, -0.2) is 9.78 Å². The quantitative estimate of drug-likeness (QED) is 0.470. The van der Waals surface area contributed by atoms with Crippen molar-refractivity contribution < 1.29 is 24.9 Å². The molecule has 0 saturated carbocycles. The van der Waals surface area contributed by atoms with Gasteiger partial charge in [-0.1, -0.05) is 30.3 Å². The zero-order valence-electron chi connectivity index (χ0n) is 14.2. The van der Waals surface area contributed by atoms with Gasteiger partial charge in [-0.3, -0.25) is 0 Å². The molecule has 0 aliphatic carbocycles. The Hall–Kier alpha value is -2.68. The van der Waals surface area contributed by atoms with Gasteiger partial charge in [0.05, 0.1) is 12.7 Å². The summed E-state index contributed by atoms with van der Waals surface area (Å²) in [5.41, 5.74) is 7.16. The molecule has 2 unspecified atom stereocenters. The maximum atomic E-state index is 11.6. The van der Waals surface area contributed by atoms with Crippen LogP contribution in [0, 0.1) is 0 Å². The highest BCUT2D eigenvalue weighted by Gasteiger charge is 2.20. The summed E-state index contributed by atoms with van der Waals surface area (Å²) in [5, 5.41) is 31.9. The molecule has 2 rings (SSSR count). The number of aliphatic hydroxyl groups is 3. The molecule has 6 N–H and O–H groups in total. The first-order valence-corrected chi connectivity index (χ1v) is 8.17. The number of carbonyl (C=O) groups excluding carboxylic acids is 1. The van der Waals surface area contributed by atoms with Crippen LogP contribution >= 0.6 is 0 Å². The number of anilines is 1. The van der Waals surface area contributed by atoms with Crippen molar-refractivity contribution in [3.05, 3.63) is 59.3 Å². The van der Waals surface area contributed by atoms with Crippen LogP contribution in [0.4, 0.5) is 10.6 Å². The van der Waals surface area contributed by atoms with E-state index in [0.717, 1.165) is 5.56 Å². The van der Waals surface area contributed by atoms with E-state index in [0.29, 0.717) is 11.1 Å². The minimum absolute atomic E-state index is 0.112. The Bertz CT molecular complexity index is 711. The zero-order valence-corrected chi connectivity index (χ0v) is 14.2. The van der Waals surface area contributed by atoms with E-state index in [9.17, 15) is 20.1 Å². The van der Waals surface area contributed by atoms with Crippen molar-refractivity contribution in [3.63, 3.8) is 0 Å². The third-order valence-corrected chi connectivity index (χ3v) is 3.82. The molecule has 26 heavy (non-hydrogen) atoms. The Balaban J connectivity index is 1.75. The van der Waals surface area contributed by atoms with E-state index in [2.05, 4.69) is 10.3 Å². The highest BCUT2D eigenvalue weighted by molar-refractivity contribution is 5.67. The summed E-state index contributed by atoms with van der Waals surface area (Å²) in [4.78, 5) is 15.5. The normalized spacial score (nSPS) is 13.0.